The Morgan fingerprint density at radius 2 is 2.38 bits per heavy atom. The third kappa shape index (κ3) is 2.50. The van der Waals surface area contributed by atoms with Gasteiger partial charge in [0.25, 0.3) is 0 Å². The monoisotopic (exact) mass is 221 g/mol. The normalized spacial score (nSPS) is 18.1. The standard InChI is InChI=1S/C12H19N3O/c1-2-15-9-10(8-14-15)6-11(16)7-12(13)4-3-5-12/h8-9H,2-7,13H2,1H3. The predicted molar refractivity (Wildman–Crippen MR) is 62.0 cm³/mol. The van der Waals surface area contributed by atoms with Gasteiger partial charge in [-0.05, 0) is 31.7 Å². The molecule has 1 aliphatic rings. The zero-order chi connectivity index (χ0) is 11.6. The van der Waals surface area contributed by atoms with E-state index in [1.807, 2.05) is 17.8 Å². The predicted octanol–water partition coefficient (Wildman–Crippen LogP) is 1.29. The Hall–Kier alpha value is -1.16. The highest BCUT2D eigenvalue weighted by atomic mass is 16.1. The van der Waals surface area contributed by atoms with Crippen LogP contribution in [0.3, 0.4) is 0 Å². The van der Waals surface area contributed by atoms with Crippen LogP contribution in [-0.2, 0) is 17.8 Å². The molecule has 2 N–H and O–H groups in total. The molecule has 16 heavy (non-hydrogen) atoms. The third-order valence-electron chi connectivity index (χ3n) is 3.31. The molecule has 0 bridgehead atoms. The average Bonchev–Trinajstić information content (AvgIpc) is 2.63. The van der Waals surface area contributed by atoms with Gasteiger partial charge in [0.15, 0.2) is 0 Å². The number of aryl methyl sites for hydroxylation is 1. The molecule has 1 aromatic heterocycles. The van der Waals surface area contributed by atoms with E-state index in [-0.39, 0.29) is 11.3 Å². The highest BCUT2D eigenvalue weighted by Gasteiger charge is 2.34. The van der Waals surface area contributed by atoms with Gasteiger partial charge in [-0.15, -0.1) is 0 Å². The SMILES string of the molecule is CCn1cc(CC(=O)CC2(N)CCC2)cn1. The van der Waals surface area contributed by atoms with E-state index >= 15 is 0 Å². The van der Waals surface area contributed by atoms with Gasteiger partial charge in [-0.2, -0.15) is 5.10 Å². The number of hydrogen-bond donors (Lipinski definition) is 1. The summed E-state index contributed by atoms with van der Waals surface area (Å²) in [5.41, 5.74) is 6.85. The largest absolute Gasteiger partial charge is 0.325 e. The van der Waals surface area contributed by atoms with Crippen molar-refractivity contribution in [3.05, 3.63) is 18.0 Å². The Bertz CT molecular complexity index is 379. The lowest BCUT2D eigenvalue weighted by molar-refractivity contribution is -0.120. The first-order chi connectivity index (χ1) is 7.61. The number of carbonyl (C=O) groups is 1. The fourth-order valence-corrected chi connectivity index (χ4v) is 2.16. The van der Waals surface area contributed by atoms with Crippen LogP contribution in [0.5, 0.6) is 0 Å². The van der Waals surface area contributed by atoms with E-state index in [0.717, 1.165) is 31.4 Å². The maximum atomic E-state index is 11.8. The number of carbonyl (C=O) groups excluding carboxylic acids is 1. The van der Waals surface area contributed by atoms with Crippen LogP contribution in [0.4, 0.5) is 0 Å². The Labute approximate surface area is 95.8 Å². The van der Waals surface area contributed by atoms with Crippen LogP contribution in [0.1, 0.15) is 38.2 Å². The maximum Gasteiger partial charge on any atom is 0.139 e. The van der Waals surface area contributed by atoms with Crippen molar-refractivity contribution in [1.29, 1.82) is 0 Å². The van der Waals surface area contributed by atoms with Gasteiger partial charge in [0.05, 0.1) is 6.20 Å². The second kappa shape index (κ2) is 4.37. The summed E-state index contributed by atoms with van der Waals surface area (Å²) in [5.74, 6) is 0.234. The van der Waals surface area contributed by atoms with Gasteiger partial charge in [0, 0.05) is 31.1 Å². The zero-order valence-corrected chi connectivity index (χ0v) is 9.78. The van der Waals surface area contributed by atoms with Crippen molar-refractivity contribution >= 4 is 5.78 Å². The fourth-order valence-electron chi connectivity index (χ4n) is 2.16. The molecule has 1 aromatic rings. The van der Waals surface area contributed by atoms with Gasteiger partial charge < -0.3 is 5.73 Å². The van der Waals surface area contributed by atoms with Crippen LogP contribution < -0.4 is 5.73 Å². The van der Waals surface area contributed by atoms with Gasteiger partial charge >= 0.3 is 0 Å². The van der Waals surface area contributed by atoms with Crippen molar-refractivity contribution < 1.29 is 4.79 Å². The highest BCUT2D eigenvalue weighted by molar-refractivity contribution is 5.82. The lowest BCUT2D eigenvalue weighted by Crippen LogP contribution is -2.48. The van der Waals surface area contributed by atoms with E-state index in [4.69, 9.17) is 5.73 Å². The summed E-state index contributed by atoms with van der Waals surface area (Å²) in [6.45, 7) is 2.87. The zero-order valence-electron chi connectivity index (χ0n) is 9.78. The van der Waals surface area contributed by atoms with Gasteiger partial charge in [0.1, 0.15) is 5.78 Å². The minimum absolute atomic E-state index is 0.197. The molecule has 0 radical (unpaired) electrons. The number of hydrogen-bond acceptors (Lipinski definition) is 3. The quantitative estimate of drug-likeness (QED) is 0.815. The van der Waals surface area contributed by atoms with Crippen molar-refractivity contribution in [2.75, 3.05) is 0 Å². The third-order valence-corrected chi connectivity index (χ3v) is 3.31. The second-order valence-corrected chi connectivity index (χ2v) is 4.81. The molecule has 0 amide bonds. The van der Waals surface area contributed by atoms with E-state index in [0.29, 0.717) is 12.8 Å². The van der Waals surface area contributed by atoms with Gasteiger partial charge in [-0.1, -0.05) is 0 Å². The van der Waals surface area contributed by atoms with Crippen LogP contribution in [0.2, 0.25) is 0 Å². The molecule has 1 heterocycles. The van der Waals surface area contributed by atoms with Crippen molar-refractivity contribution in [3.63, 3.8) is 0 Å². The van der Waals surface area contributed by atoms with E-state index in [1.54, 1.807) is 6.20 Å². The van der Waals surface area contributed by atoms with E-state index < -0.39 is 0 Å². The summed E-state index contributed by atoms with van der Waals surface area (Å²) < 4.78 is 1.84. The Morgan fingerprint density at radius 1 is 1.62 bits per heavy atom. The molecule has 0 atom stereocenters. The summed E-state index contributed by atoms with van der Waals surface area (Å²) in [6.07, 6.45) is 7.84. The molecule has 2 rings (SSSR count). The van der Waals surface area contributed by atoms with E-state index in [2.05, 4.69) is 5.10 Å². The summed E-state index contributed by atoms with van der Waals surface area (Å²) in [5, 5.41) is 4.15. The van der Waals surface area contributed by atoms with Crippen molar-refractivity contribution in [2.45, 2.75) is 51.1 Å². The summed E-state index contributed by atoms with van der Waals surface area (Å²) >= 11 is 0. The molecule has 4 nitrogen and oxygen atoms in total. The van der Waals surface area contributed by atoms with Crippen LogP contribution in [0, 0.1) is 0 Å². The van der Waals surface area contributed by atoms with Crippen molar-refractivity contribution in [3.8, 4) is 0 Å². The first-order valence-electron chi connectivity index (χ1n) is 5.93. The minimum Gasteiger partial charge on any atom is -0.325 e. The fraction of sp³-hybridized carbons (Fsp3) is 0.667. The lowest BCUT2D eigenvalue weighted by atomic mass is 9.74. The molecular formula is C12H19N3O. The molecule has 1 saturated carbocycles. The maximum absolute atomic E-state index is 11.8. The van der Waals surface area contributed by atoms with E-state index in [9.17, 15) is 4.79 Å². The molecule has 88 valence electrons. The number of ketones is 1. The Morgan fingerprint density at radius 3 is 2.88 bits per heavy atom. The summed E-state index contributed by atoms with van der Waals surface area (Å²) in [4.78, 5) is 11.8. The molecule has 0 spiro atoms. The summed E-state index contributed by atoms with van der Waals surface area (Å²) in [7, 11) is 0. The Kier molecular flexibility index (Phi) is 3.10. The number of nitrogens with two attached hydrogens (primary N) is 1. The molecule has 0 saturated heterocycles. The average molecular weight is 221 g/mol. The molecular weight excluding hydrogens is 202 g/mol. The lowest BCUT2D eigenvalue weighted by Gasteiger charge is -2.37. The van der Waals surface area contributed by atoms with Crippen LogP contribution >= 0.6 is 0 Å². The van der Waals surface area contributed by atoms with Gasteiger partial charge in [-0.3, -0.25) is 9.48 Å². The second-order valence-electron chi connectivity index (χ2n) is 4.81. The number of Topliss-reactive ketones (excluding diaryl/α,β-unsaturated/α-hetero) is 1. The van der Waals surface area contributed by atoms with Crippen LogP contribution in [0.15, 0.2) is 12.4 Å². The van der Waals surface area contributed by atoms with Gasteiger partial charge in [0.2, 0.25) is 0 Å². The van der Waals surface area contributed by atoms with E-state index in [1.165, 1.54) is 0 Å². The van der Waals surface area contributed by atoms with Crippen LogP contribution in [0.25, 0.3) is 0 Å². The number of rotatable bonds is 5. The molecule has 1 fully saturated rings. The molecule has 1 aliphatic carbocycles. The Balaban J connectivity index is 1.87. The summed E-state index contributed by atoms with van der Waals surface area (Å²) in [6, 6.07) is 0. The number of aromatic nitrogens is 2. The first-order valence-corrected chi connectivity index (χ1v) is 5.93. The molecule has 4 heteroatoms. The molecule has 0 aliphatic heterocycles. The molecule has 0 unspecified atom stereocenters. The molecule has 0 aromatic carbocycles. The van der Waals surface area contributed by atoms with Crippen molar-refractivity contribution in [2.24, 2.45) is 5.73 Å². The first kappa shape index (κ1) is 11.3. The van der Waals surface area contributed by atoms with Crippen LogP contribution in [-0.4, -0.2) is 21.1 Å². The van der Waals surface area contributed by atoms with Crippen molar-refractivity contribution in [1.82, 2.24) is 9.78 Å². The smallest absolute Gasteiger partial charge is 0.139 e. The minimum atomic E-state index is -0.197. The highest BCUT2D eigenvalue weighted by Crippen LogP contribution is 2.32. The topological polar surface area (TPSA) is 60.9 Å². The van der Waals surface area contributed by atoms with Gasteiger partial charge in [-0.25, -0.2) is 0 Å². The number of nitrogens with zero attached hydrogens (tertiary/aromatic N) is 2.